The van der Waals surface area contributed by atoms with Gasteiger partial charge in [-0.25, -0.2) is 9.97 Å². The number of rotatable bonds is 3. The quantitative estimate of drug-likeness (QED) is 0.235. The molecule has 0 spiro atoms. The Bertz CT molecular complexity index is 1950. The minimum atomic E-state index is -0.00710. The van der Waals surface area contributed by atoms with Gasteiger partial charge >= 0.3 is 0 Å². The molecule has 8 rings (SSSR count). The molecular formula is C37H29N3. The van der Waals surface area contributed by atoms with Crippen LogP contribution in [0.5, 0.6) is 0 Å². The van der Waals surface area contributed by atoms with E-state index in [9.17, 15) is 0 Å². The maximum absolute atomic E-state index is 5.20. The SMILES string of the molecule is CC1(C)C2=C(C=CCC2)c2cc3c4ccccc4n(-c4nc(-c5ccccc5)cc(-c5ccccc5)n4)c3cc21. The topological polar surface area (TPSA) is 30.7 Å². The summed E-state index contributed by atoms with van der Waals surface area (Å²) in [4.78, 5) is 10.4. The highest BCUT2D eigenvalue weighted by Crippen LogP contribution is 2.51. The normalized spacial score (nSPS) is 15.6. The Morgan fingerprint density at radius 2 is 1.32 bits per heavy atom. The first kappa shape index (κ1) is 23.2. The van der Waals surface area contributed by atoms with Crippen LogP contribution in [-0.4, -0.2) is 14.5 Å². The van der Waals surface area contributed by atoms with E-state index >= 15 is 0 Å². The van der Waals surface area contributed by atoms with E-state index in [0.29, 0.717) is 5.95 Å². The van der Waals surface area contributed by atoms with E-state index in [1.807, 2.05) is 12.1 Å². The fourth-order valence-corrected chi connectivity index (χ4v) is 6.75. The molecule has 3 heteroatoms. The number of hydrogen-bond acceptors (Lipinski definition) is 2. The maximum Gasteiger partial charge on any atom is 0.235 e. The van der Waals surface area contributed by atoms with Crippen molar-refractivity contribution in [3.63, 3.8) is 0 Å². The van der Waals surface area contributed by atoms with E-state index in [2.05, 4.69) is 122 Å². The second kappa shape index (κ2) is 8.62. The van der Waals surface area contributed by atoms with E-state index in [1.54, 1.807) is 5.57 Å². The Hall–Kier alpha value is -4.76. The highest BCUT2D eigenvalue weighted by Gasteiger charge is 2.38. The van der Waals surface area contributed by atoms with Crippen LogP contribution in [0.15, 0.2) is 121 Å². The van der Waals surface area contributed by atoms with Crippen molar-refractivity contribution >= 4 is 27.4 Å². The Balaban J connectivity index is 1.45. The molecule has 0 fully saturated rings. The van der Waals surface area contributed by atoms with Crippen molar-refractivity contribution in [3.8, 4) is 28.5 Å². The second-order valence-electron chi connectivity index (χ2n) is 11.4. The lowest BCUT2D eigenvalue weighted by molar-refractivity contribution is 0.608. The Labute approximate surface area is 234 Å². The number of aromatic nitrogens is 3. The van der Waals surface area contributed by atoms with Crippen molar-refractivity contribution in [3.05, 3.63) is 132 Å². The van der Waals surface area contributed by atoms with Crippen molar-refractivity contribution in [1.82, 2.24) is 14.5 Å². The predicted molar refractivity (Wildman–Crippen MR) is 166 cm³/mol. The monoisotopic (exact) mass is 515 g/mol. The third kappa shape index (κ3) is 3.37. The summed E-state index contributed by atoms with van der Waals surface area (Å²) in [6.07, 6.45) is 6.91. The standard InChI is InChI=1S/C37H29N3/c1-37(2)30-19-11-9-17-26(30)28-21-29-27-18-10-12-20-34(27)40(35(29)22-31(28)37)36-38-32(24-13-5-3-6-14-24)23-33(39-36)25-15-7-4-8-16-25/h3-10,12-18,20-23H,11,19H2,1-2H3. The molecule has 2 aliphatic rings. The molecule has 0 saturated carbocycles. The first-order valence-electron chi connectivity index (χ1n) is 14.1. The first-order chi connectivity index (χ1) is 19.6. The van der Waals surface area contributed by atoms with E-state index in [-0.39, 0.29) is 5.41 Å². The fraction of sp³-hybridized carbons (Fsp3) is 0.135. The summed E-state index contributed by atoms with van der Waals surface area (Å²) in [6.45, 7) is 4.76. The van der Waals surface area contributed by atoms with Gasteiger partial charge in [0.1, 0.15) is 0 Å². The molecule has 0 amide bonds. The Morgan fingerprint density at radius 3 is 2.02 bits per heavy atom. The minimum absolute atomic E-state index is 0.00710. The van der Waals surface area contributed by atoms with Crippen LogP contribution in [0.3, 0.4) is 0 Å². The molecule has 2 aromatic heterocycles. The van der Waals surface area contributed by atoms with Gasteiger partial charge in [-0.05, 0) is 53.8 Å². The van der Waals surface area contributed by atoms with Gasteiger partial charge in [0.05, 0.1) is 22.4 Å². The summed E-state index contributed by atoms with van der Waals surface area (Å²) in [5.41, 5.74) is 12.0. The molecule has 2 heterocycles. The zero-order valence-electron chi connectivity index (χ0n) is 22.7. The minimum Gasteiger partial charge on any atom is -0.278 e. The lowest BCUT2D eigenvalue weighted by atomic mass is 9.78. The molecule has 2 aliphatic carbocycles. The molecule has 40 heavy (non-hydrogen) atoms. The number of benzene rings is 4. The summed E-state index contributed by atoms with van der Waals surface area (Å²) in [5, 5.41) is 2.47. The van der Waals surface area contributed by atoms with Gasteiger partial charge in [-0.1, -0.05) is 110 Å². The molecule has 0 saturated heterocycles. The summed E-state index contributed by atoms with van der Waals surface area (Å²) in [6, 6.07) is 36.4. The molecule has 0 aliphatic heterocycles. The molecule has 0 radical (unpaired) electrons. The molecule has 192 valence electrons. The van der Waals surface area contributed by atoms with Crippen LogP contribution in [-0.2, 0) is 5.41 Å². The average Bonchev–Trinajstić information content (AvgIpc) is 3.45. The summed E-state index contributed by atoms with van der Waals surface area (Å²) >= 11 is 0. The molecule has 3 nitrogen and oxygen atoms in total. The van der Waals surface area contributed by atoms with E-state index in [1.165, 1.54) is 27.5 Å². The average molecular weight is 516 g/mol. The van der Waals surface area contributed by atoms with Gasteiger partial charge < -0.3 is 0 Å². The van der Waals surface area contributed by atoms with Gasteiger partial charge in [0.15, 0.2) is 0 Å². The first-order valence-corrected chi connectivity index (χ1v) is 14.1. The van der Waals surface area contributed by atoms with Crippen LogP contribution in [0.4, 0.5) is 0 Å². The molecular weight excluding hydrogens is 486 g/mol. The molecule has 0 unspecified atom stereocenters. The number of allylic oxidation sites excluding steroid dienone is 4. The van der Waals surface area contributed by atoms with Gasteiger partial charge in [-0.2, -0.15) is 0 Å². The summed E-state index contributed by atoms with van der Waals surface area (Å²) in [7, 11) is 0. The third-order valence-corrected chi connectivity index (χ3v) is 8.75. The van der Waals surface area contributed by atoms with E-state index in [4.69, 9.17) is 9.97 Å². The summed E-state index contributed by atoms with van der Waals surface area (Å²) < 4.78 is 2.27. The smallest absolute Gasteiger partial charge is 0.235 e. The van der Waals surface area contributed by atoms with Crippen LogP contribution in [0.25, 0.3) is 55.8 Å². The van der Waals surface area contributed by atoms with Gasteiger partial charge in [0, 0.05) is 27.3 Å². The molecule has 4 aromatic carbocycles. The van der Waals surface area contributed by atoms with Crippen molar-refractivity contribution < 1.29 is 0 Å². The molecule has 0 bridgehead atoms. The number of nitrogens with zero attached hydrogens (tertiary/aromatic N) is 3. The molecule has 6 aromatic rings. The van der Waals surface area contributed by atoms with Crippen LogP contribution >= 0.6 is 0 Å². The zero-order valence-corrected chi connectivity index (χ0v) is 22.7. The van der Waals surface area contributed by atoms with E-state index in [0.717, 1.165) is 46.4 Å². The van der Waals surface area contributed by atoms with Crippen molar-refractivity contribution in [2.75, 3.05) is 0 Å². The van der Waals surface area contributed by atoms with Crippen molar-refractivity contribution in [2.45, 2.75) is 32.1 Å². The highest BCUT2D eigenvalue weighted by molar-refractivity contribution is 6.11. The van der Waals surface area contributed by atoms with Gasteiger partial charge in [-0.3, -0.25) is 4.57 Å². The fourth-order valence-electron chi connectivity index (χ4n) is 6.75. The van der Waals surface area contributed by atoms with E-state index < -0.39 is 0 Å². The number of para-hydroxylation sites is 1. The zero-order chi connectivity index (χ0) is 26.8. The van der Waals surface area contributed by atoms with Gasteiger partial charge in [0.2, 0.25) is 5.95 Å². The van der Waals surface area contributed by atoms with Crippen LogP contribution in [0.1, 0.15) is 37.8 Å². The number of hydrogen-bond donors (Lipinski definition) is 0. The number of fused-ring (bicyclic) bond motifs is 5. The molecule has 0 atom stereocenters. The van der Waals surface area contributed by atoms with Crippen LogP contribution < -0.4 is 0 Å². The van der Waals surface area contributed by atoms with Crippen LogP contribution in [0.2, 0.25) is 0 Å². The Morgan fingerprint density at radius 1 is 0.675 bits per heavy atom. The lowest BCUT2D eigenvalue weighted by Crippen LogP contribution is -2.17. The van der Waals surface area contributed by atoms with Gasteiger partial charge in [0.25, 0.3) is 0 Å². The Kier molecular flexibility index (Phi) is 4.99. The maximum atomic E-state index is 5.20. The predicted octanol–water partition coefficient (Wildman–Crippen LogP) is 9.30. The summed E-state index contributed by atoms with van der Waals surface area (Å²) in [5.74, 6) is 0.694. The highest BCUT2D eigenvalue weighted by atomic mass is 15.2. The molecule has 0 N–H and O–H groups in total. The van der Waals surface area contributed by atoms with Gasteiger partial charge in [-0.15, -0.1) is 0 Å². The second-order valence-corrected chi connectivity index (χ2v) is 11.4. The largest absolute Gasteiger partial charge is 0.278 e. The third-order valence-electron chi connectivity index (χ3n) is 8.75. The van der Waals surface area contributed by atoms with Crippen molar-refractivity contribution in [1.29, 1.82) is 0 Å². The van der Waals surface area contributed by atoms with Crippen molar-refractivity contribution in [2.24, 2.45) is 0 Å². The lowest BCUT2D eigenvalue weighted by Gasteiger charge is -2.25. The van der Waals surface area contributed by atoms with Crippen LogP contribution in [0, 0.1) is 0 Å².